The number of nitrogens with one attached hydrogen (secondary N) is 1. The molecular weight excluding hydrogens is 452 g/mol. The van der Waals surface area contributed by atoms with Crippen molar-refractivity contribution in [2.75, 3.05) is 5.32 Å². The Balaban J connectivity index is 1.23. The first-order chi connectivity index (χ1) is 16.5. The Hall–Kier alpha value is -4.37. The molecule has 0 saturated heterocycles. The van der Waals surface area contributed by atoms with Crippen LogP contribution in [0.1, 0.15) is 27.1 Å². The Bertz CT molecular complexity index is 1480. The molecule has 2 N–H and O–H groups in total. The first-order valence-corrected chi connectivity index (χ1v) is 11.2. The van der Waals surface area contributed by atoms with Crippen molar-refractivity contribution in [3.8, 4) is 11.1 Å². The van der Waals surface area contributed by atoms with E-state index in [1.54, 1.807) is 11.3 Å². The van der Waals surface area contributed by atoms with E-state index in [2.05, 4.69) is 44.8 Å². The van der Waals surface area contributed by atoms with Crippen LogP contribution in [0.4, 0.5) is 5.69 Å². The summed E-state index contributed by atoms with van der Waals surface area (Å²) in [5.74, 6) is -0.786. The topological polar surface area (TPSA) is 118 Å². The van der Waals surface area contributed by atoms with Crippen LogP contribution < -0.4 is 5.32 Å². The second kappa shape index (κ2) is 9.24. The molecule has 0 unspecified atom stereocenters. The molecule has 2 aromatic heterocycles. The standard InChI is InChI=1S/C25H18N4O4S/c30-21(26-18-9-6-16(7-10-18)25(31)32)13-22-28-29-23(33-22)14-24-27-19-11-8-17(12-20(19)34-24)15-4-2-1-3-5-15/h1-12H,13-14H2,(H,26,30)(H,31,32). The van der Waals surface area contributed by atoms with Crippen LogP contribution in [0.25, 0.3) is 21.3 Å². The van der Waals surface area contributed by atoms with Gasteiger partial charge in [0, 0.05) is 5.69 Å². The van der Waals surface area contributed by atoms with Crippen LogP contribution in [0.3, 0.4) is 0 Å². The zero-order valence-corrected chi connectivity index (χ0v) is 18.6. The van der Waals surface area contributed by atoms with Crippen LogP contribution in [0.15, 0.2) is 77.2 Å². The highest BCUT2D eigenvalue weighted by Crippen LogP contribution is 2.29. The zero-order valence-electron chi connectivity index (χ0n) is 17.8. The third-order valence-corrected chi connectivity index (χ3v) is 6.10. The minimum absolute atomic E-state index is 0.0893. The van der Waals surface area contributed by atoms with Crippen molar-refractivity contribution in [1.82, 2.24) is 15.2 Å². The fraction of sp³-hybridized carbons (Fsp3) is 0.0800. The van der Waals surface area contributed by atoms with E-state index in [9.17, 15) is 9.59 Å². The minimum Gasteiger partial charge on any atom is -0.478 e. The summed E-state index contributed by atoms with van der Waals surface area (Å²) in [6, 6.07) is 22.2. The van der Waals surface area contributed by atoms with E-state index in [0.29, 0.717) is 18.0 Å². The Morgan fingerprint density at radius 3 is 2.44 bits per heavy atom. The smallest absolute Gasteiger partial charge is 0.335 e. The fourth-order valence-electron chi connectivity index (χ4n) is 3.46. The van der Waals surface area contributed by atoms with Crippen LogP contribution in [0, 0.1) is 0 Å². The second-order valence-corrected chi connectivity index (χ2v) is 8.65. The van der Waals surface area contributed by atoms with E-state index < -0.39 is 5.97 Å². The molecule has 2 heterocycles. The fourth-order valence-corrected chi connectivity index (χ4v) is 4.46. The average molecular weight is 471 g/mol. The monoisotopic (exact) mass is 470 g/mol. The molecule has 34 heavy (non-hydrogen) atoms. The molecular formula is C25H18N4O4S. The second-order valence-electron chi connectivity index (χ2n) is 7.53. The maximum atomic E-state index is 12.3. The number of anilines is 1. The van der Waals surface area contributed by atoms with Crippen molar-refractivity contribution >= 4 is 39.1 Å². The van der Waals surface area contributed by atoms with E-state index in [-0.39, 0.29) is 23.8 Å². The Kier molecular flexibility index (Phi) is 5.84. The molecule has 8 nitrogen and oxygen atoms in total. The molecule has 0 fully saturated rings. The van der Waals surface area contributed by atoms with E-state index in [4.69, 9.17) is 9.52 Å². The van der Waals surface area contributed by atoms with Gasteiger partial charge in [-0.1, -0.05) is 36.4 Å². The van der Waals surface area contributed by atoms with Gasteiger partial charge in [-0.2, -0.15) is 0 Å². The molecule has 9 heteroatoms. The number of nitrogens with zero attached hydrogens (tertiary/aromatic N) is 3. The summed E-state index contributed by atoms with van der Waals surface area (Å²) in [7, 11) is 0. The number of carboxylic acid groups (broad SMARTS) is 1. The molecule has 0 saturated carbocycles. The van der Waals surface area contributed by atoms with Gasteiger partial charge in [0.25, 0.3) is 0 Å². The van der Waals surface area contributed by atoms with Gasteiger partial charge in [-0.3, -0.25) is 4.79 Å². The molecule has 1 amide bonds. The van der Waals surface area contributed by atoms with Gasteiger partial charge in [0.15, 0.2) is 0 Å². The first kappa shape index (κ1) is 21.5. The molecule has 5 aromatic rings. The number of carboxylic acids is 1. The maximum Gasteiger partial charge on any atom is 0.335 e. The lowest BCUT2D eigenvalue weighted by atomic mass is 10.1. The number of amides is 1. The van der Waals surface area contributed by atoms with Crippen molar-refractivity contribution in [1.29, 1.82) is 0 Å². The molecule has 0 aliphatic rings. The molecule has 3 aromatic carbocycles. The number of aromatic carboxylic acids is 1. The first-order valence-electron chi connectivity index (χ1n) is 10.4. The minimum atomic E-state index is -1.03. The third kappa shape index (κ3) is 4.84. The van der Waals surface area contributed by atoms with Gasteiger partial charge >= 0.3 is 5.97 Å². The molecule has 168 valence electrons. The zero-order chi connectivity index (χ0) is 23.5. The lowest BCUT2D eigenvalue weighted by molar-refractivity contribution is -0.115. The van der Waals surface area contributed by atoms with E-state index >= 15 is 0 Å². The van der Waals surface area contributed by atoms with Gasteiger partial charge in [0.1, 0.15) is 11.4 Å². The van der Waals surface area contributed by atoms with Gasteiger partial charge in [-0.25, -0.2) is 9.78 Å². The highest BCUT2D eigenvalue weighted by molar-refractivity contribution is 7.18. The summed E-state index contributed by atoms with van der Waals surface area (Å²) in [6.45, 7) is 0. The Labute approximate surface area is 197 Å². The summed E-state index contributed by atoms with van der Waals surface area (Å²) >= 11 is 1.57. The van der Waals surface area contributed by atoms with Gasteiger partial charge in [-0.05, 0) is 47.5 Å². The van der Waals surface area contributed by atoms with Crippen molar-refractivity contribution in [3.63, 3.8) is 0 Å². The van der Waals surface area contributed by atoms with Gasteiger partial charge < -0.3 is 14.8 Å². The highest BCUT2D eigenvalue weighted by atomic mass is 32.1. The van der Waals surface area contributed by atoms with Gasteiger partial charge in [0.2, 0.25) is 17.7 Å². The quantitative estimate of drug-likeness (QED) is 0.350. The molecule has 0 spiro atoms. The predicted molar refractivity (Wildman–Crippen MR) is 128 cm³/mol. The predicted octanol–water partition coefficient (Wildman–Crippen LogP) is 4.82. The number of carbonyl (C=O) groups excluding carboxylic acids is 1. The highest BCUT2D eigenvalue weighted by Gasteiger charge is 2.14. The normalized spacial score (nSPS) is 10.9. The van der Waals surface area contributed by atoms with Crippen LogP contribution in [-0.4, -0.2) is 32.2 Å². The molecule has 0 aliphatic heterocycles. The van der Waals surface area contributed by atoms with Gasteiger partial charge in [0.05, 0.1) is 22.2 Å². The van der Waals surface area contributed by atoms with E-state index in [0.717, 1.165) is 26.4 Å². The molecule has 0 radical (unpaired) electrons. The van der Waals surface area contributed by atoms with Crippen LogP contribution in [0.2, 0.25) is 0 Å². The molecule has 0 bridgehead atoms. The van der Waals surface area contributed by atoms with Crippen molar-refractivity contribution in [3.05, 3.63) is 95.1 Å². The van der Waals surface area contributed by atoms with Crippen molar-refractivity contribution in [2.24, 2.45) is 0 Å². The van der Waals surface area contributed by atoms with Crippen LogP contribution >= 0.6 is 11.3 Å². The molecule has 0 aliphatic carbocycles. The summed E-state index contributed by atoms with van der Waals surface area (Å²) in [5.41, 5.74) is 3.82. The molecule has 5 rings (SSSR count). The van der Waals surface area contributed by atoms with Crippen molar-refractivity contribution in [2.45, 2.75) is 12.8 Å². The largest absolute Gasteiger partial charge is 0.478 e. The van der Waals surface area contributed by atoms with Crippen LogP contribution in [0.5, 0.6) is 0 Å². The summed E-state index contributed by atoms with van der Waals surface area (Å²) < 4.78 is 6.71. The van der Waals surface area contributed by atoms with E-state index in [1.807, 2.05) is 24.3 Å². The third-order valence-electron chi connectivity index (χ3n) is 5.08. The SMILES string of the molecule is O=C(Cc1nnc(Cc2nc3ccc(-c4ccccc4)cc3s2)o1)Nc1ccc(C(=O)O)cc1. The number of carbonyl (C=O) groups is 2. The average Bonchev–Trinajstić information content (AvgIpc) is 3.45. The molecule has 0 atom stereocenters. The number of aromatic nitrogens is 3. The number of hydrogen-bond donors (Lipinski definition) is 2. The number of benzene rings is 3. The summed E-state index contributed by atoms with van der Waals surface area (Å²) in [6.07, 6.45) is 0.291. The summed E-state index contributed by atoms with van der Waals surface area (Å²) in [5, 5.41) is 20.5. The number of thiazole rings is 1. The lowest BCUT2D eigenvalue weighted by Crippen LogP contribution is -2.14. The van der Waals surface area contributed by atoms with E-state index in [1.165, 1.54) is 24.3 Å². The van der Waals surface area contributed by atoms with Crippen molar-refractivity contribution < 1.29 is 19.1 Å². The number of hydrogen-bond acceptors (Lipinski definition) is 7. The number of rotatable bonds is 7. The van der Waals surface area contributed by atoms with Gasteiger partial charge in [-0.15, -0.1) is 21.5 Å². The summed E-state index contributed by atoms with van der Waals surface area (Å²) in [4.78, 5) is 27.8. The number of fused-ring (bicyclic) bond motifs is 1. The van der Waals surface area contributed by atoms with Crippen LogP contribution in [-0.2, 0) is 17.6 Å². The Morgan fingerprint density at radius 2 is 1.68 bits per heavy atom. The lowest BCUT2D eigenvalue weighted by Gasteiger charge is -2.03. The maximum absolute atomic E-state index is 12.3. The Morgan fingerprint density at radius 1 is 0.912 bits per heavy atom.